The van der Waals surface area contributed by atoms with Crippen LogP contribution in [0.15, 0.2) is 12.3 Å². The molecule has 7 heteroatoms. The molecule has 18 heavy (non-hydrogen) atoms. The Kier molecular flexibility index (Phi) is 4.03. The fraction of sp³-hybridized carbons (Fsp3) is 0.455. The van der Waals surface area contributed by atoms with E-state index in [1.54, 1.807) is 6.20 Å². The molecule has 1 amide bonds. The number of nitrogens with zero attached hydrogens (tertiary/aromatic N) is 3. The van der Waals surface area contributed by atoms with Gasteiger partial charge in [0.1, 0.15) is 11.0 Å². The van der Waals surface area contributed by atoms with Crippen LogP contribution >= 0.6 is 11.7 Å². The second-order valence-corrected chi connectivity index (χ2v) is 4.72. The number of anilines is 1. The van der Waals surface area contributed by atoms with Crippen molar-refractivity contribution in [3.63, 3.8) is 0 Å². The van der Waals surface area contributed by atoms with Gasteiger partial charge in [-0.15, -0.1) is 0 Å². The minimum atomic E-state index is 0.0288. The van der Waals surface area contributed by atoms with Crippen molar-refractivity contribution < 1.29 is 4.79 Å². The number of rotatable bonds is 5. The zero-order valence-electron chi connectivity index (χ0n) is 10.3. The maximum absolute atomic E-state index is 11.5. The highest BCUT2D eigenvalue weighted by atomic mass is 32.1. The van der Waals surface area contributed by atoms with E-state index in [-0.39, 0.29) is 11.9 Å². The van der Waals surface area contributed by atoms with Crippen molar-refractivity contribution >= 4 is 34.5 Å². The van der Waals surface area contributed by atoms with Crippen LogP contribution in [0.1, 0.15) is 20.3 Å². The predicted molar refractivity (Wildman–Crippen MR) is 71.6 cm³/mol. The number of carbonyl (C=O) groups excluding carboxylic acids is 1. The van der Waals surface area contributed by atoms with Crippen LogP contribution in [-0.2, 0) is 4.79 Å². The van der Waals surface area contributed by atoms with Crippen molar-refractivity contribution in [2.24, 2.45) is 0 Å². The first kappa shape index (κ1) is 12.7. The Bertz CT molecular complexity index is 539. The first-order valence-corrected chi connectivity index (χ1v) is 6.50. The summed E-state index contributed by atoms with van der Waals surface area (Å²) < 4.78 is 8.30. The number of aromatic nitrogens is 3. The SMILES string of the molecule is CC(C)NC(=O)CCNc1nccc2nsnc12. The Hall–Kier alpha value is -1.76. The Labute approximate surface area is 109 Å². The Morgan fingerprint density at radius 1 is 1.44 bits per heavy atom. The standard InChI is InChI=1S/C11H15N5OS/c1-7(2)14-9(17)4-6-13-11-10-8(3-5-12-11)15-18-16-10/h3,5,7H,4,6H2,1-2H3,(H,12,13)(H,14,17). The lowest BCUT2D eigenvalue weighted by Crippen LogP contribution is -2.31. The summed E-state index contributed by atoms with van der Waals surface area (Å²) in [5, 5.41) is 5.95. The molecule has 0 aliphatic rings. The maximum Gasteiger partial charge on any atom is 0.221 e. The van der Waals surface area contributed by atoms with Gasteiger partial charge in [0.2, 0.25) is 5.91 Å². The summed E-state index contributed by atoms with van der Waals surface area (Å²) in [7, 11) is 0. The number of hydrogen-bond acceptors (Lipinski definition) is 6. The molecule has 0 saturated carbocycles. The fourth-order valence-electron chi connectivity index (χ4n) is 1.53. The first-order chi connectivity index (χ1) is 8.66. The van der Waals surface area contributed by atoms with Gasteiger partial charge in [-0.3, -0.25) is 4.79 Å². The van der Waals surface area contributed by atoms with Crippen LogP contribution in [0.2, 0.25) is 0 Å². The molecule has 96 valence electrons. The Morgan fingerprint density at radius 3 is 3.06 bits per heavy atom. The van der Waals surface area contributed by atoms with Gasteiger partial charge in [-0.2, -0.15) is 8.75 Å². The van der Waals surface area contributed by atoms with Gasteiger partial charge in [0.25, 0.3) is 0 Å². The van der Waals surface area contributed by atoms with Crippen LogP contribution in [0.3, 0.4) is 0 Å². The maximum atomic E-state index is 11.5. The topological polar surface area (TPSA) is 79.8 Å². The third-order valence-electron chi connectivity index (χ3n) is 2.27. The Balaban J connectivity index is 1.90. The molecule has 2 N–H and O–H groups in total. The summed E-state index contributed by atoms with van der Waals surface area (Å²) in [5.74, 6) is 0.708. The first-order valence-electron chi connectivity index (χ1n) is 5.77. The molecule has 0 aliphatic heterocycles. The van der Waals surface area contributed by atoms with E-state index >= 15 is 0 Å². The molecule has 0 aromatic carbocycles. The van der Waals surface area contributed by atoms with Crippen LogP contribution < -0.4 is 10.6 Å². The molecule has 2 aromatic rings. The van der Waals surface area contributed by atoms with Gasteiger partial charge in [0.05, 0.1) is 11.7 Å². The number of amides is 1. The molecule has 6 nitrogen and oxygen atoms in total. The summed E-state index contributed by atoms with van der Waals surface area (Å²) in [5.41, 5.74) is 1.58. The van der Waals surface area contributed by atoms with Crippen molar-refractivity contribution in [3.05, 3.63) is 12.3 Å². The third-order valence-corrected chi connectivity index (χ3v) is 2.81. The van der Waals surface area contributed by atoms with Crippen LogP contribution in [-0.4, -0.2) is 32.2 Å². The highest BCUT2D eigenvalue weighted by Crippen LogP contribution is 2.17. The van der Waals surface area contributed by atoms with Gasteiger partial charge in [-0.25, -0.2) is 4.98 Å². The van der Waals surface area contributed by atoms with Crippen LogP contribution in [0, 0.1) is 0 Å². The zero-order chi connectivity index (χ0) is 13.0. The number of hydrogen-bond donors (Lipinski definition) is 2. The van der Waals surface area contributed by atoms with Crippen molar-refractivity contribution in [3.8, 4) is 0 Å². The molecule has 0 aliphatic carbocycles. The Morgan fingerprint density at radius 2 is 2.28 bits per heavy atom. The van der Waals surface area contributed by atoms with Gasteiger partial charge < -0.3 is 10.6 Å². The van der Waals surface area contributed by atoms with E-state index in [9.17, 15) is 4.79 Å². The van der Waals surface area contributed by atoms with Gasteiger partial charge >= 0.3 is 0 Å². The van der Waals surface area contributed by atoms with Crippen LogP contribution in [0.25, 0.3) is 11.0 Å². The van der Waals surface area contributed by atoms with Crippen LogP contribution in [0.4, 0.5) is 5.82 Å². The second kappa shape index (κ2) is 5.72. The lowest BCUT2D eigenvalue weighted by Gasteiger charge is -2.09. The summed E-state index contributed by atoms with van der Waals surface area (Å²) in [6, 6.07) is 1.98. The zero-order valence-corrected chi connectivity index (χ0v) is 11.1. The van der Waals surface area contributed by atoms with Crippen molar-refractivity contribution in [2.75, 3.05) is 11.9 Å². The van der Waals surface area contributed by atoms with Crippen LogP contribution in [0.5, 0.6) is 0 Å². The molecule has 0 saturated heterocycles. The minimum absolute atomic E-state index is 0.0288. The number of nitrogens with one attached hydrogen (secondary N) is 2. The predicted octanol–water partition coefficient (Wildman–Crippen LogP) is 1.41. The molecular weight excluding hydrogens is 250 g/mol. The summed E-state index contributed by atoms with van der Waals surface area (Å²) >= 11 is 1.16. The molecular formula is C11H15N5OS. The van der Waals surface area contributed by atoms with E-state index in [2.05, 4.69) is 24.4 Å². The van der Waals surface area contributed by atoms with E-state index in [1.807, 2.05) is 19.9 Å². The molecule has 2 rings (SSSR count). The quantitative estimate of drug-likeness (QED) is 0.854. The summed E-state index contributed by atoms with van der Waals surface area (Å²) in [4.78, 5) is 15.7. The summed E-state index contributed by atoms with van der Waals surface area (Å²) in [6.45, 7) is 4.41. The molecule has 2 heterocycles. The molecule has 0 fully saturated rings. The molecule has 0 bridgehead atoms. The largest absolute Gasteiger partial charge is 0.368 e. The average Bonchev–Trinajstić information content (AvgIpc) is 2.76. The highest BCUT2D eigenvalue weighted by Gasteiger charge is 2.07. The van der Waals surface area contributed by atoms with Gasteiger partial charge in [-0.1, -0.05) is 0 Å². The smallest absolute Gasteiger partial charge is 0.221 e. The van der Waals surface area contributed by atoms with Gasteiger partial charge in [0.15, 0.2) is 5.82 Å². The van der Waals surface area contributed by atoms with E-state index in [0.717, 1.165) is 22.8 Å². The summed E-state index contributed by atoms with van der Waals surface area (Å²) in [6.07, 6.45) is 2.09. The number of pyridine rings is 1. The monoisotopic (exact) mass is 265 g/mol. The molecule has 0 atom stereocenters. The normalized spacial score (nSPS) is 10.8. The van der Waals surface area contributed by atoms with Crippen molar-refractivity contribution in [1.82, 2.24) is 19.0 Å². The highest BCUT2D eigenvalue weighted by molar-refractivity contribution is 7.00. The fourth-order valence-corrected chi connectivity index (χ4v) is 2.07. The van der Waals surface area contributed by atoms with Crippen molar-refractivity contribution in [2.45, 2.75) is 26.3 Å². The van der Waals surface area contributed by atoms with E-state index in [4.69, 9.17) is 0 Å². The van der Waals surface area contributed by atoms with Crippen molar-refractivity contribution in [1.29, 1.82) is 0 Å². The van der Waals surface area contributed by atoms with E-state index < -0.39 is 0 Å². The van der Waals surface area contributed by atoms with E-state index in [0.29, 0.717) is 18.8 Å². The second-order valence-electron chi connectivity index (χ2n) is 4.19. The minimum Gasteiger partial charge on any atom is -0.368 e. The number of carbonyl (C=O) groups is 1. The molecule has 0 spiro atoms. The number of fused-ring (bicyclic) bond motifs is 1. The average molecular weight is 265 g/mol. The molecule has 2 aromatic heterocycles. The molecule has 0 unspecified atom stereocenters. The third kappa shape index (κ3) is 3.13. The molecule has 0 radical (unpaired) electrons. The van der Waals surface area contributed by atoms with Gasteiger partial charge in [0, 0.05) is 25.2 Å². The van der Waals surface area contributed by atoms with E-state index in [1.165, 1.54) is 0 Å². The van der Waals surface area contributed by atoms with Gasteiger partial charge in [-0.05, 0) is 19.9 Å². The lowest BCUT2D eigenvalue weighted by molar-refractivity contribution is -0.121. The lowest BCUT2D eigenvalue weighted by atomic mass is 10.3.